The Morgan fingerprint density at radius 2 is 2.19 bits per heavy atom. The van der Waals surface area contributed by atoms with Crippen molar-refractivity contribution in [3.05, 3.63) is 54.4 Å². The van der Waals surface area contributed by atoms with Gasteiger partial charge in [-0.05, 0) is 35.0 Å². The lowest BCUT2D eigenvalue weighted by Crippen LogP contribution is -2.15. The fourth-order valence-corrected chi connectivity index (χ4v) is 1.77. The Labute approximate surface area is 119 Å². The molecule has 0 fully saturated rings. The quantitative estimate of drug-likeness (QED) is 0.769. The van der Waals surface area contributed by atoms with Crippen LogP contribution < -0.4 is 5.32 Å². The van der Waals surface area contributed by atoms with Crippen LogP contribution in [0.5, 0.6) is 0 Å². The van der Waals surface area contributed by atoms with Crippen LogP contribution in [-0.4, -0.2) is 36.1 Å². The molecule has 0 saturated heterocycles. The van der Waals surface area contributed by atoms with E-state index in [9.17, 15) is 4.79 Å². The summed E-state index contributed by atoms with van der Waals surface area (Å²) in [6.07, 6.45) is 5.88. The van der Waals surface area contributed by atoms with Crippen LogP contribution in [0.2, 0.25) is 0 Å². The number of aryl methyl sites for hydroxylation is 1. The predicted octanol–water partition coefficient (Wildman–Crippen LogP) is 1.01. The second-order valence-corrected chi connectivity index (χ2v) is 4.30. The van der Waals surface area contributed by atoms with Crippen molar-refractivity contribution in [2.75, 3.05) is 5.32 Å². The third kappa shape index (κ3) is 2.73. The van der Waals surface area contributed by atoms with Crippen LogP contribution in [0.25, 0.3) is 5.69 Å². The molecule has 0 spiro atoms. The molecule has 1 amide bonds. The second-order valence-electron chi connectivity index (χ2n) is 4.30. The molecule has 3 rings (SSSR count). The Kier molecular flexibility index (Phi) is 3.34. The summed E-state index contributed by atoms with van der Waals surface area (Å²) in [5, 5.41) is 13.8. The van der Waals surface area contributed by atoms with Gasteiger partial charge in [0.25, 0.3) is 5.91 Å². The third-order valence-electron chi connectivity index (χ3n) is 2.88. The van der Waals surface area contributed by atoms with Crippen LogP contribution in [0, 0.1) is 6.92 Å². The molecule has 3 aromatic rings. The lowest BCUT2D eigenvalue weighted by atomic mass is 10.1. The minimum absolute atomic E-state index is 0.254. The van der Waals surface area contributed by atoms with Gasteiger partial charge < -0.3 is 5.32 Å². The first kappa shape index (κ1) is 12.9. The molecule has 1 aromatic carbocycles. The Morgan fingerprint density at radius 3 is 2.90 bits per heavy atom. The topological polar surface area (TPSA) is 98.5 Å². The lowest BCUT2D eigenvalue weighted by Gasteiger charge is -2.09. The highest BCUT2D eigenvalue weighted by molar-refractivity contribution is 6.03. The average molecular weight is 281 g/mol. The molecule has 0 radical (unpaired) electrons. The van der Waals surface area contributed by atoms with E-state index in [0.29, 0.717) is 5.69 Å². The molecule has 0 aliphatic heterocycles. The number of carbonyl (C=O) groups is 1. The Bertz CT molecular complexity index is 755. The summed E-state index contributed by atoms with van der Waals surface area (Å²) in [6, 6.07) is 5.53. The van der Waals surface area contributed by atoms with Crippen LogP contribution >= 0.6 is 0 Å². The molecular formula is C13H11N7O. The molecule has 0 atom stereocenters. The maximum absolute atomic E-state index is 12.1. The standard InChI is InChI=1S/C13H11N7O/c1-9-2-3-10(20-8-16-18-19-20)6-11(9)17-13(21)12-7-14-4-5-15-12/h2-8H,1H3,(H,17,21). The smallest absolute Gasteiger partial charge is 0.275 e. The van der Waals surface area contributed by atoms with E-state index >= 15 is 0 Å². The van der Waals surface area contributed by atoms with Gasteiger partial charge in [-0.1, -0.05) is 6.07 Å². The van der Waals surface area contributed by atoms with Crippen LogP contribution in [0.1, 0.15) is 16.1 Å². The average Bonchev–Trinajstić information content (AvgIpc) is 3.04. The van der Waals surface area contributed by atoms with Gasteiger partial charge in [-0.2, -0.15) is 0 Å². The van der Waals surface area contributed by atoms with Crippen LogP contribution in [-0.2, 0) is 0 Å². The van der Waals surface area contributed by atoms with Crippen molar-refractivity contribution in [1.29, 1.82) is 0 Å². The van der Waals surface area contributed by atoms with E-state index < -0.39 is 0 Å². The van der Waals surface area contributed by atoms with Gasteiger partial charge in [-0.25, -0.2) is 9.67 Å². The number of benzene rings is 1. The van der Waals surface area contributed by atoms with Crippen molar-refractivity contribution in [1.82, 2.24) is 30.2 Å². The van der Waals surface area contributed by atoms with Gasteiger partial charge in [0.2, 0.25) is 0 Å². The number of nitrogens with one attached hydrogen (secondary N) is 1. The number of tetrazole rings is 1. The van der Waals surface area contributed by atoms with Gasteiger partial charge in [-0.15, -0.1) is 5.10 Å². The van der Waals surface area contributed by atoms with Gasteiger partial charge in [0.05, 0.1) is 11.9 Å². The van der Waals surface area contributed by atoms with E-state index in [2.05, 4.69) is 30.8 Å². The second kappa shape index (κ2) is 5.45. The maximum Gasteiger partial charge on any atom is 0.275 e. The monoisotopic (exact) mass is 281 g/mol. The molecule has 0 bridgehead atoms. The van der Waals surface area contributed by atoms with Gasteiger partial charge in [-0.3, -0.25) is 9.78 Å². The van der Waals surface area contributed by atoms with E-state index in [1.807, 2.05) is 19.1 Å². The normalized spacial score (nSPS) is 10.3. The van der Waals surface area contributed by atoms with Crippen molar-refractivity contribution < 1.29 is 4.79 Å². The molecule has 2 aromatic heterocycles. The largest absolute Gasteiger partial charge is 0.320 e. The highest BCUT2D eigenvalue weighted by Crippen LogP contribution is 2.19. The van der Waals surface area contributed by atoms with Crippen LogP contribution in [0.3, 0.4) is 0 Å². The zero-order valence-corrected chi connectivity index (χ0v) is 11.1. The first-order valence-corrected chi connectivity index (χ1v) is 6.15. The SMILES string of the molecule is Cc1ccc(-n2cnnn2)cc1NC(=O)c1cnccn1. The van der Waals surface area contributed by atoms with E-state index in [0.717, 1.165) is 11.3 Å². The first-order valence-electron chi connectivity index (χ1n) is 6.15. The van der Waals surface area contributed by atoms with E-state index in [4.69, 9.17) is 0 Å². The van der Waals surface area contributed by atoms with Gasteiger partial charge >= 0.3 is 0 Å². The number of hydrogen-bond donors (Lipinski definition) is 1. The molecule has 1 N–H and O–H groups in total. The number of aromatic nitrogens is 6. The number of hydrogen-bond acceptors (Lipinski definition) is 6. The van der Waals surface area contributed by atoms with Gasteiger partial charge in [0, 0.05) is 18.1 Å². The molecule has 0 saturated carbocycles. The minimum atomic E-state index is -0.319. The van der Waals surface area contributed by atoms with Gasteiger partial charge in [0.1, 0.15) is 12.0 Å². The van der Waals surface area contributed by atoms with Crippen molar-refractivity contribution in [3.8, 4) is 5.69 Å². The molecule has 104 valence electrons. The molecule has 0 aliphatic rings. The lowest BCUT2D eigenvalue weighted by molar-refractivity contribution is 0.102. The summed E-state index contributed by atoms with van der Waals surface area (Å²) in [6.45, 7) is 1.90. The first-order chi connectivity index (χ1) is 10.2. The molecular weight excluding hydrogens is 270 g/mol. The summed E-state index contributed by atoms with van der Waals surface area (Å²) in [7, 11) is 0. The Hall–Kier alpha value is -3.16. The molecule has 8 nitrogen and oxygen atoms in total. The summed E-state index contributed by atoms with van der Waals surface area (Å²) in [5.41, 5.74) is 2.59. The van der Waals surface area contributed by atoms with Crippen molar-refractivity contribution >= 4 is 11.6 Å². The Balaban J connectivity index is 1.88. The summed E-state index contributed by atoms with van der Waals surface area (Å²) >= 11 is 0. The minimum Gasteiger partial charge on any atom is -0.320 e. The molecule has 8 heteroatoms. The highest BCUT2D eigenvalue weighted by atomic mass is 16.1. The zero-order valence-electron chi connectivity index (χ0n) is 11.1. The fourth-order valence-electron chi connectivity index (χ4n) is 1.77. The van der Waals surface area contributed by atoms with Gasteiger partial charge in [0.15, 0.2) is 0 Å². The molecule has 0 aliphatic carbocycles. The van der Waals surface area contributed by atoms with E-state index in [1.165, 1.54) is 29.6 Å². The van der Waals surface area contributed by atoms with Crippen molar-refractivity contribution in [2.24, 2.45) is 0 Å². The van der Waals surface area contributed by atoms with E-state index in [1.54, 1.807) is 6.07 Å². The molecule has 21 heavy (non-hydrogen) atoms. The van der Waals surface area contributed by atoms with Crippen LogP contribution in [0.15, 0.2) is 43.1 Å². The number of anilines is 1. The number of rotatable bonds is 3. The summed E-state index contributed by atoms with van der Waals surface area (Å²) < 4.78 is 1.51. The molecule has 0 unspecified atom stereocenters. The van der Waals surface area contributed by atoms with E-state index in [-0.39, 0.29) is 11.6 Å². The number of amides is 1. The molecule has 2 heterocycles. The van der Waals surface area contributed by atoms with Crippen molar-refractivity contribution in [3.63, 3.8) is 0 Å². The number of nitrogens with zero attached hydrogens (tertiary/aromatic N) is 6. The maximum atomic E-state index is 12.1. The van der Waals surface area contributed by atoms with Crippen molar-refractivity contribution in [2.45, 2.75) is 6.92 Å². The number of carbonyl (C=O) groups excluding carboxylic acids is 1. The zero-order chi connectivity index (χ0) is 14.7. The fraction of sp³-hybridized carbons (Fsp3) is 0.0769. The Morgan fingerprint density at radius 1 is 1.29 bits per heavy atom. The summed E-state index contributed by atoms with van der Waals surface area (Å²) in [4.78, 5) is 19.9. The third-order valence-corrected chi connectivity index (χ3v) is 2.88. The van der Waals surface area contributed by atoms with Crippen LogP contribution in [0.4, 0.5) is 5.69 Å². The highest BCUT2D eigenvalue weighted by Gasteiger charge is 2.10. The summed E-state index contributed by atoms with van der Waals surface area (Å²) in [5.74, 6) is -0.319. The predicted molar refractivity (Wildman–Crippen MR) is 73.9 cm³/mol.